The predicted molar refractivity (Wildman–Crippen MR) is 117 cm³/mol. The summed E-state index contributed by atoms with van der Waals surface area (Å²) in [6, 6.07) is 12.0. The molecule has 2 N–H and O–H groups in total. The molecule has 2 aromatic carbocycles. The van der Waals surface area contributed by atoms with Crippen molar-refractivity contribution in [2.24, 2.45) is 0 Å². The third kappa shape index (κ3) is 5.20. The maximum atomic E-state index is 12.5. The minimum absolute atomic E-state index is 0.0858. The van der Waals surface area contributed by atoms with E-state index in [1.807, 2.05) is 13.0 Å². The number of benzene rings is 2. The molecule has 0 aliphatic heterocycles. The minimum atomic E-state index is -0.639. The van der Waals surface area contributed by atoms with E-state index in [9.17, 15) is 20.2 Å². The lowest BCUT2D eigenvalue weighted by atomic mass is 9.89. The van der Waals surface area contributed by atoms with Gasteiger partial charge in [0.05, 0.1) is 23.8 Å². The Labute approximate surface area is 180 Å². The first-order valence-corrected chi connectivity index (χ1v) is 10.0. The molecule has 8 heteroatoms. The molecule has 0 bridgehead atoms. The van der Waals surface area contributed by atoms with Crippen molar-refractivity contribution in [3.8, 4) is 11.8 Å². The van der Waals surface area contributed by atoms with Gasteiger partial charge >= 0.3 is 0 Å². The standard InChI is InChI=1S/C23H24N4O4/c1-15(17-8-7-16-5-3-4-6-18(16)11-17)25-14-19(13-24)23(28)26-21-10-9-20(27(29)30)12-22(21)31-2/h7-12,14-15,25H,3-6H2,1-2H3,(H,26,28)/b19-14-. The highest BCUT2D eigenvalue weighted by Gasteiger charge is 2.17. The van der Waals surface area contributed by atoms with E-state index in [-0.39, 0.29) is 28.7 Å². The van der Waals surface area contributed by atoms with Crippen molar-refractivity contribution in [2.75, 3.05) is 12.4 Å². The summed E-state index contributed by atoms with van der Waals surface area (Å²) in [5, 5.41) is 26.0. The highest BCUT2D eigenvalue weighted by molar-refractivity contribution is 6.07. The summed E-state index contributed by atoms with van der Waals surface area (Å²) in [4.78, 5) is 22.9. The van der Waals surface area contributed by atoms with Crippen LogP contribution in [0.1, 0.15) is 42.5 Å². The van der Waals surface area contributed by atoms with Crippen LogP contribution < -0.4 is 15.4 Å². The maximum Gasteiger partial charge on any atom is 0.273 e. The van der Waals surface area contributed by atoms with Gasteiger partial charge in [-0.05, 0) is 55.4 Å². The lowest BCUT2D eigenvalue weighted by Gasteiger charge is -2.19. The number of hydrogen-bond donors (Lipinski definition) is 2. The Morgan fingerprint density at radius 3 is 2.65 bits per heavy atom. The van der Waals surface area contributed by atoms with Crippen molar-refractivity contribution < 1.29 is 14.5 Å². The third-order valence-electron chi connectivity index (χ3n) is 5.36. The monoisotopic (exact) mass is 420 g/mol. The molecule has 0 heterocycles. The van der Waals surface area contributed by atoms with Gasteiger partial charge in [0.1, 0.15) is 17.4 Å². The van der Waals surface area contributed by atoms with E-state index in [1.165, 1.54) is 55.5 Å². The van der Waals surface area contributed by atoms with Crippen molar-refractivity contribution in [1.29, 1.82) is 5.26 Å². The average Bonchev–Trinajstić information content (AvgIpc) is 2.79. The molecule has 1 amide bonds. The summed E-state index contributed by atoms with van der Waals surface area (Å²) in [6.45, 7) is 1.97. The Balaban J connectivity index is 1.71. The van der Waals surface area contributed by atoms with Crippen LogP contribution in [-0.4, -0.2) is 17.9 Å². The predicted octanol–water partition coefficient (Wildman–Crippen LogP) is 4.18. The first-order valence-electron chi connectivity index (χ1n) is 10.0. The van der Waals surface area contributed by atoms with Gasteiger partial charge in [-0.1, -0.05) is 18.2 Å². The number of nitriles is 1. The van der Waals surface area contributed by atoms with Gasteiger partial charge in [0, 0.05) is 18.3 Å². The van der Waals surface area contributed by atoms with Gasteiger partial charge in [-0.25, -0.2) is 0 Å². The average molecular weight is 420 g/mol. The van der Waals surface area contributed by atoms with E-state index in [4.69, 9.17) is 4.74 Å². The molecule has 2 aromatic rings. The lowest BCUT2D eigenvalue weighted by Crippen LogP contribution is -2.19. The maximum absolute atomic E-state index is 12.5. The van der Waals surface area contributed by atoms with Crippen LogP contribution in [0.4, 0.5) is 11.4 Å². The molecule has 3 rings (SSSR count). The number of hydrogen-bond acceptors (Lipinski definition) is 6. The van der Waals surface area contributed by atoms with Gasteiger partial charge in [-0.2, -0.15) is 5.26 Å². The van der Waals surface area contributed by atoms with Crippen molar-refractivity contribution in [1.82, 2.24) is 5.32 Å². The number of ether oxygens (including phenoxy) is 1. The number of nitrogens with zero attached hydrogens (tertiary/aromatic N) is 2. The first kappa shape index (κ1) is 21.8. The number of aryl methyl sites for hydroxylation is 2. The summed E-state index contributed by atoms with van der Waals surface area (Å²) in [5.74, 6) is -0.505. The van der Waals surface area contributed by atoms with Crippen molar-refractivity contribution >= 4 is 17.3 Å². The number of anilines is 1. The van der Waals surface area contributed by atoms with Gasteiger partial charge in [0.15, 0.2) is 0 Å². The van der Waals surface area contributed by atoms with E-state index in [2.05, 4.69) is 28.8 Å². The second kappa shape index (κ2) is 9.76. The van der Waals surface area contributed by atoms with E-state index in [0.29, 0.717) is 0 Å². The van der Waals surface area contributed by atoms with Crippen LogP contribution in [0, 0.1) is 21.4 Å². The van der Waals surface area contributed by atoms with Crippen LogP contribution in [0.2, 0.25) is 0 Å². The number of nitro benzene ring substituents is 1. The molecule has 8 nitrogen and oxygen atoms in total. The summed E-state index contributed by atoms with van der Waals surface area (Å²) in [7, 11) is 1.34. The Kier molecular flexibility index (Phi) is 6.88. The molecule has 1 aliphatic carbocycles. The number of amides is 1. The summed E-state index contributed by atoms with van der Waals surface area (Å²) >= 11 is 0. The molecular formula is C23H24N4O4. The Hall–Kier alpha value is -3.86. The van der Waals surface area contributed by atoms with E-state index in [1.54, 1.807) is 0 Å². The number of rotatable bonds is 7. The molecule has 0 saturated heterocycles. The molecule has 1 atom stereocenters. The fraction of sp³-hybridized carbons (Fsp3) is 0.304. The smallest absolute Gasteiger partial charge is 0.273 e. The lowest BCUT2D eigenvalue weighted by molar-refractivity contribution is -0.384. The van der Waals surface area contributed by atoms with E-state index in [0.717, 1.165) is 18.4 Å². The summed E-state index contributed by atoms with van der Waals surface area (Å²) in [6.07, 6.45) is 6.00. The largest absolute Gasteiger partial charge is 0.494 e. The highest BCUT2D eigenvalue weighted by atomic mass is 16.6. The number of carbonyl (C=O) groups excluding carboxylic acids is 1. The second-order valence-corrected chi connectivity index (χ2v) is 7.39. The van der Waals surface area contributed by atoms with E-state index < -0.39 is 10.8 Å². The quantitative estimate of drug-likeness (QED) is 0.300. The number of carbonyl (C=O) groups is 1. The molecule has 1 aliphatic rings. The fourth-order valence-corrected chi connectivity index (χ4v) is 3.56. The van der Waals surface area contributed by atoms with Crippen LogP contribution in [0.25, 0.3) is 0 Å². The van der Waals surface area contributed by atoms with Gasteiger partial charge in [0.2, 0.25) is 0 Å². The fourth-order valence-electron chi connectivity index (χ4n) is 3.56. The molecule has 0 aromatic heterocycles. The van der Waals surface area contributed by atoms with Crippen molar-refractivity contribution in [2.45, 2.75) is 38.6 Å². The van der Waals surface area contributed by atoms with E-state index >= 15 is 0 Å². The minimum Gasteiger partial charge on any atom is -0.494 e. The molecule has 0 radical (unpaired) electrons. The molecule has 0 saturated carbocycles. The molecule has 0 fully saturated rings. The first-order chi connectivity index (χ1) is 14.9. The number of non-ortho nitro benzene ring substituents is 1. The Morgan fingerprint density at radius 2 is 1.97 bits per heavy atom. The molecular weight excluding hydrogens is 396 g/mol. The summed E-state index contributed by atoms with van der Waals surface area (Å²) in [5.41, 5.74) is 3.81. The Bertz CT molecular complexity index is 1070. The van der Waals surface area contributed by atoms with Crippen LogP contribution in [0.3, 0.4) is 0 Å². The van der Waals surface area contributed by atoms with Gasteiger partial charge in [-0.15, -0.1) is 0 Å². The van der Waals surface area contributed by atoms with Gasteiger partial charge < -0.3 is 15.4 Å². The van der Waals surface area contributed by atoms with Crippen molar-refractivity contribution in [3.63, 3.8) is 0 Å². The molecule has 0 spiro atoms. The van der Waals surface area contributed by atoms with Gasteiger partial charge in [-0.3, -0.25) is 14.9 Å². The number of nitro groups is 1. The topological polar surface area (TPSA) is 117 Å². The SMILES string of the molecule is COc1cc([N+](=O)[O-])ccc1NC(=O)/C(C#N)=C\NC(C)c1ccc2c(c1)CCCC2. The zero-order chi connectivity index (χ0) is 22.4. The third-order valence-corrected chi connectivity index (χ3v) is 5.36. The number of methoxy groups -OCH3 is 1. The summed E-state index contributed by atoms with van der Waals surface area (Å²) < 4.78 is 5.11. The van der Waals surface area contributed by atoms with Gasteiger partial charge in [0.25, 0.3) is 11.6 Å². The Morgan fingerprint density at radius 1 is 1.23 bits per heavy atom. The highest BCUT2D eigenvalue weighted by Crippen LogP contribution is 2.29. The van der Waals surface area contributed by atoms with Crippen LogP contribution in [0.5, 0.6) is 5.75 Å². The van der Waals surface area contributed by atoms with Crippen LogP contribution in [-0.2, 0) is 17.6 Å². The zero-order valence-corrected chi connectivity index (χ0v) is 17.5. The van der Waals surface area contributed by atoms with Crippen LogP contribution in [0.15, 0.2) is 48.2 Å². The number of fused-ring (bicyclic) bond motifs is 1. The van der Waals surface area contributed by atoms with Crippen LogP contribution >= 0.6 is 0 Å². The molecule has 31 heavy (non-hydrogen) atoms. The molecule has 1 unspecified atom stereocenters. The molecule has 160 valence electrons. The van der Waals surface area contributed by atoms with Crippen molar-refractivity contribution in [3.05, 3.63) is 75.0 Å². The number of nitrogens with one attached hydrogen (secondary N) is 2. The normalized spacial score (nSPS) is 14.0. The second-order valence-electron chi connectivity index (χ2n) is 7.39. The zero-order valence-electron chi connectivity index (χ0n) is 17.5.